The van der Waals surface area contributed by atoms with E-state index in [-0.39, 0.29) is 12.1 Å². The van der Waals surface area contributed by atoms with Crippen LogP contribution in [0.3, 0.4) is 0 Å². The van der Waals surface area contributed by atoms with Gasteiger partial charge in [0.25, 0.3) is 0 Å². The van der Waals surface area contributed by atoms with E-state index in [1.54, 1.807) is 6.20 Å². The lowest BCUT2D eigenvalue weighted by Crippen LogP contribution is -2.19. The second-order valence-corrected chi connectivity index (χ2v) is 6.46. The molecule has 24 heavy (non-hydrogen) atoms. The molecule has 2 aliphatic heterocycles. The van der Waals surface area contributed by atoms with Gasteiger partial charge in [-0.15, -0.1) is 0 Å². The summed E-state index contributed by atoms with van der Waals surface area (Å²) >= 11 is 0.172. The quantitative estimate of drug-likeness (QED) is 0.773. The van der Waals surface area contributed by atoms with Crippen molar-refractivity contribution in [1.82, 2.24) is 10.2 Å². The fourth-order valence-corrected chi connectivity index (χ4v) is 2.94. The maximum absolute atomic E-state index is 12.7. The van der Waals surface area contributed by atoms with Crippen LogP contribution in [0.2, 0.25) is 0 Å². The number of nitrogens with zero attached hydrogens (tertiary/aromatic N) is 4. The van der Waals surface area contributed by atoms with Crippen molar-refractivity contribution in [2.45, 2.75) is 32.1 Å². The minimum atomic E-state index is 0.172. The molecule has 5 nitrogen and oxygen atoms in total. The number of allylic oxidation sites excluding steroid dienone is 2. The molecule has 7 heteroatoms. The molecule has 0 amide bonds. The molecule has 0 aliphatic carbocycles. The van der Waals surface area contributed by atoms with Gasteiger partial charge in [0.05, 0.1) is 17.1 Å². The lowest BCUT2D eigenvalue weighted by molar-refractivity contribution is 0.389. The average molecular weight is 351 g/mol. The van der Waals surface area contributed by atoms with Crippen LogP contribution in [0.4, 0.5) is 3.89 Å². The average Bonchev–Trinajstić information content (AvgIpc) is 2.98. The van der Waals surface area contributed by atoms with Crippen molar-refractivity contribution in [2.24, 2.45) is 15.0 Å². The van der Waals surface area contributed by atoms with Gasteiger partial charge in [-0.05, 0) is 19.3 Å². The second-order valence-electron chi connectivity index (χ2n) is 5.84. The number of hydrogen-bond donors (Lipinski definition) is 1. The first-order valence-electron chi connectivity index (χ1n) is 8.48. The van der Waals surface area contributed by atoms with Gasteiger partial charge in [0.15, 0.2) is 0 Å². The van der Waals surface area contributed by atoms with E-state index >= 15 is 0 Å². The van der Waals surface area contributed by atoms with Crippen molar-refractivity contribution in [2.75, 3.05) is 32.7 Å². The zero-order valence-electron chi connectivity index (χ0n) is 14.1. The summed E-state index contributed by atoms with van der Waals surface area (Å²) in [5.41, 5.74) is 2.42. The molecule has 0 atom stereocenters. The summed E-state index contributed by atoms with van der Waals surface area (Å²) in [5.74, 6) is 0. The highest BCUT2D eigenvalue weighted by molar-refractivity contribution is 7.99. The van der Waals surface area contributed by atoms with Crippen LogP contribution in [0.1, 0.15) is 32.1 Å². The van der Waals surface area contributed by atoms with E-state index < -0.39 is 0 Å². The normalized spacial score (nSPS) is 21.4. The van der Waals surface area contributed by atoms with Crippen molar-refractivity contribution in [3.63, 3.8) is 0 Å². The molecular weight excluding hydrogens is 325 g/mol. The number of rotatable bonds is 5. The Hall–Kier alpha value is -1.63. The van der Waals surface area contributed by atoms with Gasteiger partial charge in [-0.3, -0.25) is 9.98 Å². The number of halogens is 1. The summed E-state index contributed by atoms with van der Waals surface area (Å²) in [6, 6.07) is 0. The predicted octanol–water partition coefficient (Wildman–Crippen LogP) is 3.37. The molecule has 2 aliphatic rings. The molecule has 0 aromatic rings. The highest BCUT2D eigenvalue weighted by atomic mass is 32.2. The lowest BCUT2D eigenvalue weighted by atomic mass is 10.2. The van der Waals surface area contributed by atoms with Crippen LogP contribution in [-0.4, -0.2) is 55.9 Å². The monoisotopic (exact) mass is 351 g/mol. The summed E-state index contributed by atoms with van der Waals surface area (Å²) in [5, 5.41) is 3.12. The van der Waals surface area contributed by atoms with E-state index in [0.717, 1.165) is 57.6 Å². The van der Waals surface area contributed by atoms with Crippen LogP contribution in [0.5, 0.6) is 0 Å². The minimum Gasteiger partial charge on any atom is -0.389 e. The van der Waals surface area contributed by atoms with E-state index in [1.165, 1.54) is 24.7 Å². The third-order valence-corrected chi connectivity index (χ3v) is 4.43. The van der Waals surface area contributed by atoms with Gasteiger partial charge in [0.1, 0.15) is 6.34 Å². The molecule has 0 bridgehead atoms. The van der Waals surface area contributed by atoms with Gasteiger partial charge in [0, 0.05) is 69.4 Å². The maximum atomic E-state index is 12.7. The number of likely N-dealkylation sites (tertiary alicyclic amines) is 1. The first-order chi connectivity index (χ1) is 11.8. The van der Waals surface area contributed by atoms with Gasteiger partial charge in [0.2, 0.25) is 0 Å². The minimum absolute atomic E-state index is 0.172. The summed E-state index contributed by atoms with van der Waals surface area (Å²) in [7, 11) is 0. The van der Waals surface area contributed by atoms with Crippen LogP contribution >= 0.6 is 12.1 Å². The highest BCUT2D eigenvalue weighted by Gasteiger charge is 2.13. The molecule has 2 heterocycles. The standard InChI is InChI=1S/C17H26FN5S/c1-15-4-2-10-23(15)11-3-7-22-16-5-8-19-12-17(24-18)13-21-14-20-9-6-16/h12-14,19H,1-11H2. The maximum Gasteiger partial charge on any atom is 0.109 e. The Morgan fingerprint density at radius 3 is 3.08 bits per heavy atom. The first-order valence-corrected chi connectivity index (χ1v) is 9.20. The third kappa shape index (κ3) is 6.86. The molecule has 0 saturated carbocycles. The Labute approximate surface area is 148 Å². The van der Waals surface area contributed by atoms with Crippen molar-refractivity contribution in [3.05, 3.63) is 23.4 Å². The van der Waals surface area contributed by atoms with E-state index in [0.29, 0.717) is 11.4 Å². The molecule has 2 rings (SSSR count). The SMILES string of the molecule is C=C1CCCN1CCCN=C1CCN=CN=CC(SF)=CNCC1. The summed E-state index contributed by atoms with van der Waals surface area (Å²) in [6.45, 7) is 8.52. The smallest absolute Gasteiger partial charge is 0.109 e. The van der Waals surface area contributed by atoms with E-state index in [4.69, 9.17) is 4.99 Å². The zero-order valence-corrected chi connectivity index (χ0v) is 14.9. The fourth-order valence-electron chi connectivity index (χ4n) is 2.72. The molecule has 132 valence electrons. The molecule has 1 fully saturated rings. The molecule has 0 aromatic heterocycles. The Morgan fingerprint density at radius 1 is 1.38 bits per heavy atom. The van der Waals surface area contributed by atoms with Crippen LogP contribution in [-0.2, 0) is 0 Å². The fraction of sp³-hybridized carbons (Fsp3) is 0.588. The largest absolute Gasteiger partial charge is 0.389 e. The van der Waals surface area contributed by atoms with Gasteiger partial charge < -0.3 is 10.2 Å². The van der Waals surface area contributed by atoms with Gasteiger partial charge in [-0.25, -0.2) is 4.99 Å². The molecular formula is C17H26FN5S. The van der Waals surface area contributed by atoms with Crippen molar-refractivity contribution in [1.29, 1.82) is 0 Å². The van der Waals surface area contributed by atoms with Crippen LogP contribution in [0, 0.1) is 0 Å². The summed E-state index contributed by atoms with van der Waals surface area (Å²) in [4.78, 5) is 15.7. The van der Waals surface area contributed by atoms with Gasteiger partial charge >= 0.3 is 0 Å². The summed E-state index contributed by atoms with van der Waals surface area (Å²) < 4.78 is 12.7. The van der Waals surface area contributed by atoms with Crippen molar-refractivity contribution in [3.8, 4) is 0 Å². The second kappa shape index (κ2) is 11.0. The lowest BCUT2D eigenvalue weighted by Gasteiger charge is -2.18. The van der Waals surface area contributed by atoms with Gasteiger partial charge in [-0.1, -0.05) is 6.58 Å². The Bertz CT molecular complexity index is 527. The van der Waals surface area contributed by atoms with Crippen molar-refractivity contribution < 1.29 is 3.89 Å². The van der Waals surface area contributed by atoms with E-state index in [2.05, 4.69) is 26.8 Å². The molecule has 0 spiro atoms. The highest BCUT2D eigenvalue weighted by Crippen LogP contribution is 2.18. The Balaban J connectivity index is 1.80. The Kier molecular flexibility index (Phi) is 8.59. The molecule has 0 aromatic carbocycles. The van der Waals surface area contributed by atoms with E-state index in [9.17, 15) is 3.89 Å². The molecule has 1 saturated heterocycles. The molecule has 0 unspecified atom stereocenters. The molecule has 1 N–H and O–H groups in total. The third-order valence-electron chi connectivity index (χ3n) is 4.03. The zero-order chi connectivity index (χ0) is 17.0. The molecule has 0 radical (unpaired) electrons. The predicted molar refractivity (Wildman–Crippen MR) is 103 cm³/mol. The number of nitrogens with one attached hydrogen (secondary N) is 1. The Morgan fingerprint density at radius 2 is 2.29 bits per heavy atom. The van der Waals surface area contributed by atoms with Crippen molar-refractivity contribution >= 4 is 30.4 Å². The van der Waals surface area contributed by atoms with Crippen LogP contribution < -0.4 is 5.32 Å². The summed E-state index contributed by atoms with van der Waals surface area (Å²) in [6.07, 6.45) is 9.68. The van der Waals surface area contributed by atoms with Crippen LogP contribution in [0.25, 0.3) is 0 Å². The topological polar surface area (TPSA) is 52.4 Å². The number of aliphatic imine (C=N–C) groups is 3. The van der Waals surface area contributed by atoms with E-state index in [1.807, 2.05) is 0 Å². The number of hydrogen-bond acceptors (Lipinski definition) is 6. The first kappa shape index (κ1) is 18.7. The van der Waals surface area contributed by atoms with Crippen LogP contribution in [0.15, 0.2) is 38.4 Å². The van der Waals surface area contributed by atoms with Gasteiger partial charge in [-0.2, -0.15) is 3.89 Å².